The van der Waals surface area contributed by atoms with E-state index in [0.29, 0.717) is 33.7 Å². The summed E-state index contributed by atoms with van der Waals surface area (Å²) in [6.45, 7) is 7.14. The number of rotatable bonds is 7. The Morgan fingerprint density at radius 2 is 1.84 bits per heavy atom. The first-order valence-electron chi connectivity index (χ1n) is 13.2. The monoisotopic (exact) mass is 591 g/mol. The Labute approximate surface area is 250 Å². The maximum atomic E-state index is 15.6. The number of imidazole rings is 1. The van der Waals surface area contributed by atoms with Gasteiger partial charge >= 0.3 is 6.01 Å². The fourth-order valence-electron chi connectivity index (χ4n) is 4.64. The van der Waals surface area contributed by atoms with E-state index in [9.17, 15) is 4.79 Å². The Kier molecular flexibility index (Phi) is 7.16. The summed E-state index contributed by atoms with van der Waals surface area (Å²) in [5.41, 5.74) is 11.2. The fraction of sp³-hybridized carbons (Fsp3) is 0.0938. The first kappa shape index (κ1) is 27.7. The molecule has 6 aromatic rings. The molecule has 214 valence electrons. The zero-order valence-electron chi connectivity index (χ0n) is 23.6. The second-order valence-electron chi connectivity index (χ2n) is 9.97. The minimum atomic E-state index is -0.586. The quantitative estimate of drug-likeness (QED) is 0.189. The predicted octanol–water partition coefficient (Wildman–Crippen LogP) is 7.16. The molecule has 0 aliphatic heterocycles. The van der Waals surface area contributed by atoms with Gasteiger partial charge in [0, 0.05) is 64.6 Å². The van der Waals surface area contributed by atoms with E-state index in [1.54, 1.807) is 50.6 Å². The average molecular weight is 592 g/mol. The molecule has 11 heteroatoms. The first-order valence-corrected chi connectivity index (χ1v) is 14.0. The number of nitrogens with zero attached hydrogens (tertiary/aromatic N) is 5. The Morgan fingerprint density at radius 3 is 2.51 bits per heavy atom. The highest BCUT2D eigenvalue weighted by molar-refractivity contribution is 7.23. The third-order valence-electron chi connectivity index (χ3n) is 6.79. The standard InChI is InChI=1S/C32H26FN7O2S/c1-17(2)31(41)39-21-8-5-19(6-9-21)27-25(20-7-10-24(23(33)15-20)42-32-36-12-11-18(3)38-32)26-28(43-27)22(16-37-29(26)34)30-35-13-14-40(30)4/h5-16H,1H2,2-4H3,(H2,34,37)(H,39,41). The van der Waals surface area contributed by atoms with Crippen molar-refractivity contribution in [1.82, 2.24) is 24.5 Å². The van der Waals surface area contributed by atoms with Crippen LogP contribution in [-0.4, -0.2) is 30.4 Å². The van der Waals surface area contributed by atoms with E-state index >= 15 is 4.39 Å². The number of nitrogens with one attached hydrogen (secondary N) is 1. The van der Waals surface area contributed by atoms with Crippen LogP contribution in [0.15, 0.2) is 85.5 Å². The predicted molar refractivity (Wildman–Crippen MR) is 167 cm³/mol. The molecule has 4 heterocycles. The number of carbonyl (C=O) groups is 1. The number of benzene rings is 2. The molecule has 1 amide bonds. The highest BCUT2D eigenvalue weighted by Crippen LogP contribution is 2.49. The Morgan fingerprint density at radius 1 is 1.07 bits per heavy atom. The van der Waals surface area contributed by atoms with Crippen molar-refractivity contribution < 1.29 is 13.9 Å². The molecule has 0 aliphatic rings. The molecule has 0 saturated carbocycles. The fourth-order valence-corrected chi connectivity index (χ4v) is 5.98. The van der Waals surface area contributed by atoms with Crippen LogP contribution in [0.3, 0.4) is 0 Å². The van der Waals surface area contributed by atoms with Gasteiger partial charge in [-0.1, -0.05) is 24.8 Å². The number of hydrogen-bond donors (Lipinski definition) is 2. The van der Waals surface area contributed by atoms with Gasteiger partial charge in [-0.15, -0.1) is 11.3 Å². The molecule has 6 rings (SSSR count). The minimum absolute atomic E-state index is 0.00663. The largest absolute Gasteiger partial charge is 0.421 e. The van der Waals surface area contributed by atoms with Crippen LogP contribution in [-0.2, 0) is 11.8 Å². The maximum Gasteiger partial charge on any atom is 0.322 e. The smallest absolute Gasteiger partial charge is 0.322 e. The highest BCUT2D eigenvalue weighted by Gasteiger charge is 2.24. The molecular weight excluding hydrogens is 565 g/mol. The molecular formula is C32H26FN7O2S. The van der Waals surface area contributed by atoms with E-state index in [2.05, 4.69) is 31.8 Å². The van der Waals surface area contributed by atoms with Crippen molar-refractivity contribution in [1.29, 1.82) is 0 Å². The average Bonchev–Trinajstić information content (AvgIpc) is 3.59. The van der Waals surface area contributed by atoms with Crippen molar-refractivity contribution >= 4 is 38.8 Å². The lowest BCUT2D eigenvalue weighted by atomic mass is 9.98. The Balaban J connectivity index is 1.51. The summed E-state index contributed by atoms with van der Waals surface area (Å²) in [6, 6.07) is 13.9. The van der Waals surface area contributed by atoms with Crippen LogP contribution >= 0.6 is 11.3 Å². The number of amides is 1. The van der Waals surface area contributed by atoms with Crippen LogP contribution in [0.5, 0.6) is 11.8 Å². The van der Waals surface area contributed by atoms with Crippen molar-refractivity contribution in [3.63, 3.8) is 0 Å². The number of nitrogen functional groups attached to an aromatic ring is 1. The molecule has 3 N–H and O–H groups in total. The van der Waals surface area contributed by atoms with Crippen LogP contribution in [0.2, 0.25) is 0 Å². The van der Waals surface area contributed by atoms with Crippen LogP contribution in [0.25, 0.3) is 43.0 Å². The van der Waals surface area contributed by atoms with Gasteiger partial charge in [0.25, 0.3) is 5.91 Å². The van der Waals surface area contributed by atoms with E-state index in [-0.39, 0.29) is 17.7 Å². The minimum Gasteiger partial charge on any atom is -0.421 e. The molecule has 0 aliphatic carbocycles. The van der Waals surface area contributed by atoms with Crippen molar-refractivity contribution in [2.75, 3.05) is 11.1 Å². The number of hydrogen-bond acceptors (Lipinski definition) is 8. The number of fused-ring (bicyclic) bond motifs is 1. The third-order valence-corrected chi connectivity index (χ3v) is 8.06. The number of nitrogens with two attached hydrogens (primary N) is 1. The lowest BCUT2D eigenvalue weighted by Crippen LogP contribution is -2.11. The molecule has 0 atom stereocenters. The highest BCUT2D eigenvalue weighted by atomic mass is 32.1. The summed E-state index contributed by atoms with van der Waals surface area (Å²) in [6.07, 6.45) is 6.84. The second kappa shape index (κ2) is 11.1. The van der Waals surface area contributed by atoms with Crippen LogP contribution in [0, 0.1) is 12.7 Å². The summed E-state index contributed by atoms with van der Waals surface area (Å²) >= 11 is 1.51. The van der Waals surface area contributed by atoms with E-state index in [1.165, 1.54) is 17.4 Å². The molecule has 0 radical (unpaired) electrons. The van der Waals surface area contributed by atoms with Crippen LogP contribution < -0.4 is 15.8 Å². The molecule has 0 unspecified atom stereocenters. The molecule has 0 fully saturated rings. The number of aromatic nitrogens is 5. The Hall–Kier alpha value is -5.42. The zero-order valence-corrected chi connectivity index (χ0v) is 24.4. The van der Waals surface area contributed by atoms with E-state index in [0.717, 1.165) is 32.1 Å². The van der Waals surface area contributed by atoms with Gasteiger partial charge in [-0.25, -0.2) is 24.3 Å². The van der Waals surface area contributed by atoms with Crippen molar-refractivity contribution in [3.05, 3.63) is 97.0 Å². The van der Waals surface area contributed by atoms with E-state index < -0.39 is 5.82 Å². The molecule has 0 spiro atoms. The third kappa shape index (κ3) is 5.33. The second-order valence-corrected chi connectivity index (χ2v) is 11.0. The van der Waals surface area contributed by atoms with Gasteiger partial charge < -0.3 is 20.4 Å². The van der Waals surface area contributed by atoms with Gasteiger partial charge in [-0.3, -0.25) is 4.79 Å². The maximum absolute atomic E-state index is 15.6. The van der Waals surface area contributed by atoms with Crippen molar-refractivity contribution in [2.24, 2.45) is 7.05 Å². The van der Waals surface area contributed by atoms with Gasteiger partial charge in [0.2, 0.25) is 0 Å². The van der Waals surface area contributed by atoms with Gasteiger partial charge in [0.1, 0.15) is 11.6 Å². The van der Waals surface area contributed by atoms with Crippen LogP contribution in [0.4, 0.5) is 15.9 Å². The molecule has 0 saturated heterocycles. The summed E-state index contributed by atoms with van der Waals surface area (Å²) in [5.74, 6) is 0.181. The number of halogens is 1. The summed E-state index contributed by atoms with van der Waals surface area (Å²) in [7, 11) is 1.91. The summed E-state index contributed by atoms with van der Waals surface area (Å²) < 4.78 is 24.0. The lowest BCUT2D eigenvalue weighted by molar-refractivity contribution is -0.112. The number of aryl methyl sites for hydroxylation is 2. The van der Waals surface area contributed by atoms with Gasteiger partial charge in [0.15, 0.2) is 11.6 Å². The molecule has 9 nitrogen and oxygen atoms in total. The van der Waals surface area contributed by atoms with E-state index in [1.807, 2.05) is 42.1 Å². The summed E-state index contributed by atoms with van der Waals surface area (Å²) in [5, 5.41) is 3.51. The normalized spacial score (nSPS) is 11.1. The molecule has 0 bridgehead atoms. The van der Waals surface area contributed by atoms with Crippen LogP contribution in [0.1, 0.15) is 12.6 Å². The molecule has 2 aromatic carbocycles. The topological polar surface area (TPSA) is 121 Å². The molecule has 4 aromatic heterocycles. The number of thiophene rings is 1. The number of pyridine rings is 1. The summed E-state index contributed by atoms with van der Waals surface area (Å²) in [4.78, 5) is 30.3. The molecule has 43 heavy (non-hydrogen) atoms. The van der Waals surface area contributed by atoms with Gasteiger partial charge in [-0.05, 0) is 55.3 Å². The first-order chi connectivity index (χ1) is 20.7. The number of carbonyl (C=O) groups excluding carboxylic acids is 1. The van der Waals surface area contributed by atoms with Crippen molar-refractivity contribution in [3.8, 4) is 44.7 Å². The Bertz CT molecular complexity index is 2030. The SMILES string of the molecule is C=C(C)C(=O)Nc1ccc(-c2sc3c(-c4nccn4C)cnc(N)c3c2-c2ccc(Oc3nccc(C)n3)c(F)c2)cc1. The van der Waals surface area contributed by atoms with Crippen molar-refractivity contribution in [2.45, 2.75) is 13.8 Å². The van der Waals surface area contributed by atoms with Gasteiger partial charge in [-0.2, -0.15) is 0 Å². The van der Waals surface area contributed by atoms with Gasteiger partial charge in [0.05, 0.1) is 10.3 Å². The van der Waals surface area contributed by atoms with E-state index in [4.69, 9.17) is 10.5 Å². The number of anilines is 2. The lowest BCUT2D eigenvalue weighted by Gasteiger charge is -2.11. The number of ether oxygens (including phenoxy) is 1. The zero-order chi connectivity index (χ0) is 30.2.